The van der Waals surface area contributed by atoms with Crippen molar-refractivity contribution < 1.29 is 4.79 Å². The maximum absolute atomic E-state index is 12.1. The second-order valence-corrected chi connectivity index (χ2v) is 6.77. The van der Waals surface area contributed by atoms with Gasteiger partial charge in [0.2, 0.25) is 0 Å². The Kier molecular flexibility index (Phi) is 8.71. The number of halogens is 1. The van der Waals surface area contributed by atoms with Crippen molar-refractivity contribution in [3.63, 3.8) is 0 Å². The number of rotatable bonds is 8. The zero-order valence-corrected chi connectivity index (χ0v) is 16.5. The van der Waals surface area contributed by atoms with E-state index in [1.54, 1.807) is 24.3 Å². The molecule has 1 saturated heterocycles. The van der Waals surface area contributed by atoms with Crippen molar-refractivity contribution in [3.05, 3.63) is 34.9 Å². The van der Waals surface area contributed by atoms with Gasteiger partial charge >= 0.3 is 0 Å². The molecule has 0 spiro atoms. The van der Waals surface area contributed by atoms with Crippen LogP contribution in [0.1, 0.15) is 37.0 Å². The van der Waals surface area contributed by atoms with Crippen molar-refractivity contribution in [2.24, 2.45) is 4.99 Å². The van der Waals surface area contributed by atoms with Gasteiger partial charge in [0.1, 0.15) is 0 Å². The van der Waals surface area contributed by atoms with E-state index in [4.69, 9.17) is 16.6 Å². The molecule has 1 unspecified atom stereocenters. The van der Waals surface area contributed by atoms with Crippen LogP contribution in [-0.2, 0) is 0 Å². The predicted molar refractivity (Wildman–Crippen MR) is 108 cm³/mol. The standard InChI is InChI=1S/C19H30ClN5O/c1-3-21-19(24-14-17-6-5-13-25(17)4-2)23-12-11-22-18(26)15-7-9-16(20)10-8-15/h7-10,17H,3-6,11-14H2,1-2H3,(H,22,26)(H2,21,23,24). The summed E-state index contributed by atoms with van der Waals surface area (Å²) in [6.45, 7) is 9.27. The summed E-state index contributed by atoms with van der Waals surface area (Å²) in [6, 6.07) is 7.41. The maximum Gasteiger partial charge on any atom is 0.251 e. The summed E-state index contributed by atoms with van der Waals surface area (Å²) in [5.74, 6) is 0.700. The highest BCUT2D eigenvalue weighted by Crippen LogP contribution is 2.16. The van der Waals surface area contributed by atoms with E-state index in [9.17, 15) is 4.79 Å². The van der Waals surface area contributed by atoms with Crippen molar-refractivity contribution in [1.29, 1.82) is 0 Å². The van der Waals surface area contributed by atoms with E-state index in [0.29, 0.717) is 29.7 Å². The number of carbonyl (C=O) groups excluding carboxylic acids is 1. The highest BCUT2D eigenvalue weighted by molar-refractivity contribution is 6.30. The minimum atomic E-state index is -0.102. The third-order valence-electron chi connectivity index (χ3n) is 4.52. The number of nitrogens with one attached hydrogen (secondary N) is 3. The molecule has 6 nitrogen and oxygen atoms in total. The molecule has 1 aromatic carbocycles. The predicted octanol–water partition coefficient (Wildman–Crippen LogP) is 2.11. The Bertz CT molecular complexity index is 590. The first-order chi connectivity index (χ1) is 12.6. The molecular formula is C19H30ClN5O. The van der Waals surface area contributed by atoms with Crippen LogP contribution in [-0.4, -0.2) is 62.1 Å². The Morgan fingerprint density at radius 1 is 1.19 bits per heavy atom. The lowest BCUT2D eigenvalue weighted by Gasteiger charge is -2.21. The van der Waals surface area contributed by atoms with Crippen LogP contribution in [0.4, 0.5) is 0 Å². The Balaban J connectivity index is 1.74. The molecule has 3 N–H and O–H groups in total. The SMILES string of the molecule is CCNC(=NCC1CCCN1CC)NCCNC(=O)c1ccc(Cl)cc1. The van der Waals surface area contributed by atoms with Gasteiger partial charge in [-0.25, -0.2) is 0 Å². The minimum Gasteiger partial charge on any atom is -0.357 e. The zero-order valence-electron chi connectivity index (χ0n) is 15.7. The largest absolute Gasteiger partial charge is 0.357 e. The van der Waals surface area contributed by atoms with Gasteiger partial charge in [-0.05, 0) is 57.1 Å². The molecule has 1 aromatic rings. The summed E-state index contributed by atoms with van der Waals surface area (Å²) < 4.78 is 0. The number of nitrogens with zero attached hydrogens (tertiary/aromatic N) is 2. The first-order valence-electron chi connectivity index (χ1n) is 9.44. The molecule has 1 fully saturated rings. The molecule has 1 aliphatic rings. The number of hydrogen-bond acceptors (Lipinski definition) is 3. The lowest BCUT2D eigenvalue weighted by Crippen LogP contribution is -2.42. The van der Waals surface area contributed by atoms with E-state index >= 15 is 0 Å². The summed E-state index contributed by atoms with van der Waals surface area (Å²) in [6.07, 6.45) is 2.47. The van der Waals surface area contributed by atoms with Crippen LogP contribution in [0, 0.1) is 0 Å². The van der Waals surface area contributed by atoms with E-state index in [1.165, 1.54) is 19.4 Å². The van der Waals surface area contributed by atoms with E-state index in [-0.39, 0.29) is 5.91 Å². The Morgan fingerprint density at radius 2 is 1.92 bits per heavy atom. The molecule has 1 heterocycles. The Labute approximate surface area is 161 Å². The molecule has 7 heteroatoms. The second-order valence-electron chi connectivity index (χ2n) is 6.33. The van der Waals surface area contributed by atoms with Gasteiger partial charge in [0, 0.05) is 36.3 Å². The fourth-order valence-electron chi connectivity index (χ4n) is 3.12. The van der Waals surface area contributed by atoms with Crippen LogP contribution < -0.4 is 16.0 Å². The summed E-state index contributed by atoms with van der Waals surface area (Å²) in [4.78, 5) is 19.3. The van der Waals surface area contributed by atoms with Crippen LogP contribution in [0.2, 0.25) is 5.02 Å². The summed E-state index contributed by atoms with van der Waals surface area (Å²) in [5.41, 5.74) is 0.607. The highest BCUT2D eigenvalue weighted by Gasteiger charge is 2.22. The first kappa shape index (κ1) is 20.5. The van der Waals surface area contributed by atoms with Gasteiger partial charge < -0.3 is 16.0 Å². The average molecular weight is 380 g/mol. The molecule has 0 saturated carbocycles. The third-order valence-corrected chi connectivity index (χ3v) is 4.77. The van der Waals surface area contributed by atoms with Gasteiger partial charge in [-0.15, -0.1) is 0 Å². The number of hydrogen-bond donors (Lipinski definition) is 3. The molecule has 26 heavy (non-hydrogen) atoms. The average Bonchev–Trinajstić information content (AvgIpc) is 3.11. The Morgan fingerprint density at radius 3 is 2.62 bits per heavy atom. The number of likely N-dealkylation sites (tertiary alicyclic amines) is 1. The van der Waals surface area contributed by atoms with Crippen molar-refractivity contribution in [1.82, 2.24) is 20.9 Å². The van der Waals surface area contributed by atoms with Crippen LogP contribution in [0.25, 0.3) is 0 Å². The number of carbonyl (C=O) groups is 1. The molecule has 0 aliphatic carbocycles. The lowest BCUT2D eigenvalue weighted by atomic mass is 10.2. The van der Waals surface area contributed by atoms with E-state index in [0.717, 1.165) is 25.6 Å². The fraction of sp³-hybridized carbons (Fsp3) is 0.579. The first-order valence-corrected chi connectivity index (χ1v) is 9.81. The quantitative estimate of drug-likeness (QED) is 0.367. The molecule has 0 radical (unpaired) electrons. The highest BCUT2D eigenvalue weighted by atomic mass is 35.5. The number of guanidine groups is 1. The number of benzene rings is 1. The normalized spacial score (nSPS) is 18.0. The van der Waals surface area contributed by atoms with Gasteiger partial charge in [-0.2, -0.15) is 0 Å². The van der Waals surface area contributed by atoms with E-state index < -0.39 is 0 Å². The third kappa shape index (κ3) is 6.50. The van der Waals surface area contributed by atoms with E-state index in [1.807, 2.05) is 6.92 Å². The molecular weight excluding hydrogens is 350 g/mol. The van der Waals surface area contributed by atoms with Crippen molar-refractivity contribution in [3.8, 4) is 0 Å². The van der Waals surface area contributed by atoms with Crippen LogP contribution in [0.15, 0.2) is 29.3 Å². The minimum absolute atomic E-state index is 0.102. The summed E-state index contributed by atoms with van der Waals surface area (Å²) in [5, 5.41) is 10.1. The maximum atomic E-state index is 12.1. The van der Waals surface area contributed by atoms with Crippen LogP contribution in [0.5, 0.6) is 0 Å². The van der Waals surface area contributed by atoms with Gasteiger partial charge in [-0.1, -0.05) is 18.5 Å². The smallest absolute Gasteiger partial charge is 0.251 e. The monoisotopic (exact) mass is 379 g/mol. The molecule has 144 valence electrons. The zero-order chi connectivity index (χ0) is 18.8. The molecule has 1 aliphatic heterocycles. The van der Waals surface area contributed by atoms with Gasteiger partial charge in [0.05, 0.1) is 6.54 Å². The topological polar surface area (TPSA) is 68.8 Å². The van der Waals surface area contributed by atoms with Crippen molar-refractivity contribution in [2.45, 2.75) is 32.7 Å². The molecule has 1 atom stereocenters. The molecule has 2 rings (SSSR count). The second kappa shape index (κ2) is 11.0. The van der Waals surface area contributed by atoms with Crippen molar-refractivity contribution >= 4 is 23.5 Å². The van der Waals surface area contributed by atoms with Gasteiger partial charge in [0.15, 0.2) is 5.96 Å². The van der Waals surface area contributed by atoms with Crippen molar-refractivity contribution in [2.75, 3.05) is 39.3 Å². The molecule has 1 amide bonds. The lowest BCUT2D eigenvalue weighted by molar-refractivity contribution is 0.0954. The van der Waals surface area contributed by atoms with E-state index in [2.05, 4.69) is 27.8 Å². The number of likely N-dealkylation sites (N-methyl/N-ethyl adjacent to an activating group) is 1. The number of amides is 1. The molecule has 0 bridgehead atoms. The summed E-state index contributed by atoms with van der Waals surface area (Å²) >= 11 is 5.84. The molecule has 0 aromatic heterocycles. The van der Waals surface area contributed by atoms with Gasteiger partial charge in [0.25, 0.3) is 5.91 Å². The van der Waals surface area contributed by atoms with Gasteiger partial charge in [-0.3, -0.25) is 14.7 Å². The Hall–Kier alpha value is -1.79. The van der Waals surface area contributed by atoms with Crippen LogP contribution >= 0.6 is 11.6 Å². The summed E-state index contributed by atoms with van der Waals surface area (Å²) in [7, 11) is 0. The van der Waals surface area contributed by atoms with Crippen LogP contribution in [0.3, 0.4) is 0 Å². The number of aliphatic imine (C=N–C) groups is 1. The fourth-order valence-corrected chi connectivity index (χ4v) is 3.24.